The molecule has 0 aromatic carbocycles. The lowest BCUT2D eigenvalue weighted by molar-refractivity contribution is -0.139. The van der Waals surface area contributed by atoms with Gasteiger partial charge in [0, 0.05) is 6.42 Å². The van der Waals surface area contributed by atoms with Crippen molar-refractivity contribution in [3.8, 4) is 0 Å². The number of rotatable bonds is 6. The molecule has 0 spiro atoms. The van der Waals surface area contributed by atoms with E-state index in [1.54, 1.807) is 6.92 Å². The molecule has 8 heteroatoms. The van der Waals surface area contributed by atoms with E-state index >= 15 is 0 Å². The Balaban J connectivity index is 2.63. The summed E-state index contributed by atoms with van der Waals surface area (Å²) in [5.74, 6) is -2.33. The molecule has 1 rings (SSSR count). The number of thiazole rings is 1. The average Bonchev–Trinajstić information content (AvgIpc) is 2.70. The Morgan fingerprint density at radius 3 is 2.67 bits per heavy atom. The van der Waals surface area contributed by atoms with E-state index in [0.29, 0.717) is 9.88 Å². The minimum Gasteiger partial charge on any atom is -0.480 e. The van der Waals surface area contributed by atoms with Crippen LogP contribution < -0.4 is 11.1 Å². The number of hydrogen-bond acceptors (Lipinski definition) is 5. The van der Waals surface area contributed by atoms with Gasteiger partial charge in [0.2, 0.25) is 5.91 Å². The summed E-state index contributed by atoms with van der Waals surface area (Å²) in [5, 5.41) is 11.9. The molecule has 1 heterocycles. The number of nitrogens with two attached hydrogens (primary N) is 1. The largest absolute Gasteiger partial charge is 0.480 e. The van der Waals surface area contributed by atoms with Crippen molar-refractivity contribution in [1.29, 1.82) is 0 Å². The van der Waals surface area contributed by atoms with E-state index in [2.05, 4.69) is 10.3 Å². The van der Waals surface area contributed by atoms with Gasteiger partial charge in [0.1, 0.15) is 10.9 Å². The Bertz CT molecular complexity index is 471. The van der Waals surface area contributed by atoms with Gasteiger partial charge in [-0.15, -0.1) is 11.3 Å². The van der Waals surface area contributed by atoms with Crippen LogP contribution in [0.5, 0.6) is 0 Å². The van der Waals surface area contributed by atoms with Gasteiger partial charge in [-0.05, 0) is 13.3 Å². The first-order valence-electron chi connectivity index (χ1n) is 5.14. The molecule has 0 bridgehead atoms. The Morgan fingerprint density at radius 1 is 1.56 bits per heavy atom. The Labute approximate surface area is 107 Å². The molecule has 0 aliphatic carbocycles. The smallest absolute Gasteiger partial charge is 0.326 e. The van der Waals surface area contributed by atoms with Crippen molar-refractivity contribution in [2.24, 2.45) is 5.73 Å². The maximum absolute atomic E-state index is 11.7. The molecule has 98 valence electrons. The number of carboxylic acid groups (broad SMARTS) is 1. The lowest BCUT2D eigenvalue weighted by atomic mass is 10.1. The molecule has 1 aromatic rings. The second kappa shape index (κ2) is 6.10. The monoisotopic (exact) mass is 271 g/mol. The van der Waals surface area contributed by atoms with Gasteiger partial charge in [-0.25, -0.2) is 9.78 Å². The predicted molar refractivity (Wildman–Crippen MR) is 64.2 cm³/mol. The van der Waals surface area contributed by atoms with E-state index in [9.17, 15) is 14.4 Å². The molecular weight excluding hydrogens is 258 g/mol. The third kappa shape index (κ3) is 4.13. The molecular formula is C10H13N3O4S. The van der Waals surface area contributed by atoms with E-state index in [-0.39, 0.29) is 12.8 Å². The molecule has 1 aromatic heterocycles. The molecule has 0 radical (unpaired) electrons. The van der Waals surface area contributed by atoms with Crippen LogP contribution in [0.2, 0.25) is 0 Å². The van der Waals surface area contributed by atoms with E-state index in [0.717, 1.165) is 0 Å². The fourth-order valence-corrected chi connectivity index (χ4v) is 1.92. The van der Waals surface area contributed by atoms with Gasteiger partial charge in [0.15, 0.2) is 0 Å². The molecule has 2 amide bonds. The maximum atomic E-state index is 11.7. The van der Waals surface area contributed by atoms with E-state index in [1.807, 2.05) is 0 Å². The molecule has 0 unspecified atom stereocenters. The summed E-state index contributed by atoms with van der Waals surface area (Å²) in [5.41, 5.74) is 4.93. The summed E-state index contributed by atoms with van der Waals surface area (Å²) in [7, 11) is 0. The van der Waals surface area contributed by atoms with Crippen molar-refractivity contribution in [2.45, 2.75) is 25.8 Å². The summed E-state index contributed by atoms with van der Waals surface area (Å²) in [6.07, 6.45) is 1.25. The first-order chi connectivity index (χ1) is 8.40. The van der Waals surface area contributed by atoms with Crippen LogP contribution in [0.25, 0.3) is 0 Å². The number of nitrogens with one attached hydrogen (secondary N) is 1. The van der Waals surface area contributed by atoms with Gasteiger partial charge in [-0.1, -0.05) is 0 Å². The number of carbonyl (C=O) groups excluding carboxylic acids is 2. The average molecular weight is 271 g/mol. The third-order valence-electron chi connectivity index (χ3n) is 2.13. The van der Waals surface area contributed by atoms with Gasteiger partial charge < -0.3 is 16.2 Å². The number of aromatic nitrogens is 1. The fourth-order valence-electron chi connectivity index (χ4n) is 1.24. The van der Waals surface area contributed by atoms with Crippen molar-refractivity contribution in [3.63, 3.8) is 0 Å². The molecule has 1 atom stereocenters. The summed E-state index contributed by atoms with van der Waals surface area (Å²) >= 11 is 1.17. The second-order valence-corrected chi connectivity index (χ2v) is 4.85. The van der Waals surface area contributed by atoms with Gasteiger partial charge in [-0.2, -0.15) is 0 Å². The molecule has 0 aliphatic heterocycles. The van der Waals surface area contributed by atoms with E-state index in [4.69, 9.17) is 10.8 Å². The van der Waals surface area contributed by atoms with Crippen LogP contribution in [0.1, 0.15) is 27.5 Å². The standard InChI is InChI=1S/C10H13N3O4S/c1-5-12-4-7(18-5)9(15)13-6(10(16)17)2-3-8(11)14/h4,6H,2-3H2,1H3,(H2,11,14)(H,13,15)(H,16,17)/t6-/m0/s1. The molecule has 0 saturated carbocycles. The minimum atomic E-state index is -1.20. The minimum absolute atomic E-state index is 0.0335. The lowest BCUT2D eigenvalue weighted by Crippen LogP contribution is -2.41. The second-order valence-electron chi connectivity index (χ2n) is 3.61. The Morgan fingerprint density at radius 2 is 2.22 bits per heavy atom. The van der Waals surface area contributed by atoms with Crippen molar-refractivity contribution < 1.29 is 19.5 Å². The molecule has 0 fully saturated rings. The fraction of sp³-hybridized carbons (Fsp3) is 0.400. The van der Waals surface area contributed by atoms with Gasteiger partial charge >= 0.3 is 5.97 Å². The van der Waals surface area contributed by atoms with Crippen molar-refractivity contribution in [1.82, 2.24) is 10.3 Å². The van der Waals surface area contributed by atoms with E-state index in [1.165, 1.54) is 17.5 Å². The maximum Gasteiger partial charge on any atom is 0.326 e. The van der Waals surface area contributed by atoms with Crippen LogP contribution >= 0.6 is 11.3 Å². The van der Waals surface area contributed by atoms with Gasteiger partial charge in [0.05, 0.1) is 11.2 Å². The summed E-state index contributed by atoms with van der Waals surface area (Å²) in [4.78, 5) is 37.4. The summed E-state index contributed by atoms with van der Waals surface area (Å²) < 4.78 is 0. The molecule has 0 aliphatic rings. The number of carboxylic acids is 1. The third-order valence-corrected chi connectivity index (χ3v) is 3.04. The first-order valence-corrected chi connectivity index (χ1v) is 5.96. The van der Waals surface area contributed by atoms with Crippen molar-refractivity contribution in [3.05, 3.63) is 16.1 Å². The zero-order valence-corrected chi connectivity index (χ0v) is 10.5. The van der Waals surface area contributed by atoms with Gasteiger partial charge in [0.25, 0.3) is 5.91 Å². The zero-order chi connectivity index (χ0) is 13.7. The summed E-state index contributed by atoms with van der Waals surface area (Å²) in [6.45, 7) is 1.74. The number of nitrogens with zero attached hydrogens (tertiary/aromatic N) is 1. The molecule has 0 saturated heterocycles. The highest BCUT2D eigenvalue weighted by Crippen LogP contribution is 2.11. The van der Waals surface area contributed by atoms with Crippen molar-refractivity contribution in [2.75, 3.05) is 0 Å². The van der Waals surface area contributed by atoms with E-state index < -0.39 is 23.8 Å². The van der Waals surface area contributed by atoms with Crippen LogP contribution in [0.4, 0.5) is 0 Å². The normalized spacial score (nSPS) is 11.8. The highest BCUT2D eigenvalue weighted by atomic mass is 32.1. The number of primary amides is 1. The Kier molecular flexibility index (Phi) is 4.78. The van der Waals surface area contributed by atoms with Crippen LogP contribution in [0, 0.1) is 6.92 Å². The predicted octanol–water partition coefficient (Wildman–Crippen LogP) is -0.1000. The molecule has 18 heavy (non-hydrogen) atoms. The first kappa shape index (κ1) is 14.1. The lowest BCUT2D eigenvalue weighted by Gasteiger charge is -2.12. The van der Waals surface area contributed by atoms with Crippen molar-refractivity contribution >= 4 is 29.1 Å². The van der Waals surface area contributed by atoms with Crippen LogP contribution in [-0.2, 0) is 9.59 Å². The number of amides is 2. The molecule has 4 N–H and O–H groups in total. The van der Waals surface area contributed by atoms with Crippen LogP contribution in [-0.4, -0.2) is 33.9 Å². The quantitative estimate of drug-likeness (QED) is 0.666. The topological polar surface area (TPSA) is 122 Å². The summed E-state index contributed by atoms with van der Waals surface area (Å²) in [6, 6.07) is -1.13. The Hall–Kier alpha value is -1.96. The zero-order valence-electron chi connectivity index (χ0n) is 9.67. The number of hydrogen-bond donors (Lipinski definition) is 3. The molecule has 7 nitrogen and oxygen atoms in total. The number of aliphatic carboxylic acids is 1. The van der Waals surface area contributed by atoms with Gasteiger partial charge in [-0.3, -0.25) is 9.59 Å². The highest BCUT2D eigenvalue weighted by Gasteiger charge is 2.22. The highest BCUT2D eigenvalue weighted by molar-refractivity contribution is 7.13. The number of aryl methyl sites for hydroxylation is 1. The SMILES string of the molecule is Cc1ncc(C(=O)N[C@@H](CCC(N)=O)C(=O)O)s1. The number of carbonyl (C=O) groups is 3. The van der Waals surface area contributed by atoms with Crippen LogP contribution in [0.15, 0.2) is 6.20 Å². The van der Waals surface area contributed by atoms with Crippen LogP contribution in [0.3, 0.4) is 0 Å².